The Labute approximate surface area is 138 Å². The van der Waals surface area contributed by atoms with Crippen molar-refractivity contribution in [3.63, 3.8) is 0 Å². The maximum absolute atomic E-state index is 12.5. The quantitative estimate of drug-likeness (QED) is 0.619. The monoisotopic (exact) mass is 330 g/mol. The summed E-state index contributed by atoms with van der Waals surface area (Å²) in [6, 6.07) is 3.00. The van der Waals surface area contributed by atoms with Crippen LogP contribution in [0.2, 0.25) is 0 Å². The topological polar surface area (TPSA) is 82.8 Å². The molecule has 6 nitrogen and oxygen atoms in total. The van der Waals surface area contributed by atoms with E-state index in [0.717, 1.165) is 0 Å². The maximum atomic E-state index is 12.5. The molecular formula is C18H18O6. The van der Waals surface area contributed by atoms with E-state index >= 15 is 0 Å². The van der Waals surface area contributed by atoms with Gasteiger partial charge < -0.3 is 13.9 Å². The van der Waals surface area contributed by atoms with Crippen LogP contribution in [-0.4, -0.2) is 17.7 Å². The molecule has 1 aliphatic carbocycles. The number of hydrogen-bond acceptors (Lipinski definition) is 6. The maximum Gasteiger partial charge on any atom is 0.308 e. The first-order chi connectivity index (χ1) is 11.2. The molecule has 0 atom stereocenters. The van der Waals surface area contributed by atoms with E-state index in [4.69, 9.17) is 13.9 Å². The molecule has 0 radical (unpaired) electrons. The van der Waals surface area contributed by atoms with Gasteiger partial charge in [0.1, 0.15) is 11.3 Å². The van der Waals surface area contributed by atoms with Crippen molar-refractivity contribution < 1.29 is 28.3 Å². The van der Waals surface area contributed by atoms with E-state index in [1.807, 2.05) is 13.8 Å². The molecule has 1 aliphatic rings. The number of rotatable bonds is 2. The summed E-state index contributed by atoms with van der Waals surface area (Å²) in [5, 5.41) is 0.567. The summed E-state index contributed by atoms with van der Waals surface area (Å²) in [5.41, 5.74) is 0.778. The summed E-state index contributed by atoms with van der Waals surface area (Å²) in [6.07, 6.45) is 1.05. The molecule has 1 aromatic carbocycles. The molecule has 0 saturated heterocycles. The van der Waals surface area contributed by atoms with Crippen LogP contribution in [0.15, 0.2) is 16.5 Å². The lowest BCUT2D eigenvalue weighted by Crippen LogP contribution is -2.25. The second kappa shape index (κ2) is 5.47. The van der Waals surface area contributed by atoms with Crippen molar-refractivity contribution in [3.05, 3.63) is 23.5 Å². The minimum absolute atomic E-state index is 0.00555. The number of carbonyl (C=O) groups is 3. The molecule has 126 valence electrons. The SMILES string of the molecule is CC(=O)Oc1cc2oc3c(c2cc1OC(C)=O)C(=O)CC(C)(C)C3. The Balaban J connectivity index is 2.20. The first kappa shape index (κ1) is 16.2. The van der Waals surface area contributed by atoms with Crippen LogP contribution in [0.3, 0.4) is 0 Å². The van der Waals surface area contributed by atoms with E-state index in [1.165, 1.54) is 26.0 Å². The third kappa shape index (κ3) is 2.91. The van der Waals surface area contributed by atoms with Crippen molar-refractivity contribution in [2.24, 2.45) is 5.41 Å². The van der Waals surface area contributed by atoms with Crippen molar-refractivity contribution in [3.8, 4) is 11.5 Å². The molecule has 6 heteroatoms. The van der Waals surface area contributed by atoms with E-state index in [0.29, 0.717) is 35.1 Å². The highest BCUT2D eigenvalue weighted by Gasteiger charge is 2.35. The Morgan fingerprint density at radius 2 is 1.62 bits per heavy atom. The molecule has 0 unspecified atom stereocenters. The van der Waals surface area contributed by atoms with Crippen LogP contribution in [0.25, 0.3) is 11.0 Å². The van der Waals surface area contributed by atoms with Gasteiger partial charge in [0, 0.05) is 38.1 Å². The molecule has 2 aromatic rings. The van der Waals surface area contributed by atoms with Gasteiger partial charge in [-0.1, -0.05) is 13.8 Å². The van der Waals surface area contributed by atoms with E-state index < -0.39 is 11.9 Å². The van der Waals surface area contributed by atoms with Gasteiger partial charge in [-0.3, -0.25) is 14.4 Å². The van der Waals surface area contributed by atoms with Crippen molar-refractivity contribution in [1.82, 2.24) is 0 Å². The molecule has 0 spiro atoms. The van der Waals surface area contributed by atoms with Crippen LogP contribution in [0, 0.1) is 5.41 Å². The zero-order valence-corrected chi connectivity index (χ0v) is 14.0. The number of benzene rings is 1. The lowest BCUT2D eigenvalue weighted by atomic mass is 9.76. The summed E-state index contributed by atoms with van der Waals surface area (Å²) < 4.78 is 16.0. The zero-order chi connectivity index (χ0) is 17.6. The van der Waals surface area contributed by atoms with Crippen LogP contribution in [-0.2, 0) is 16.0 Å². The predicted octanol–water partition coefficient (Wildman–Crippen LogP) is 3.44. The Hall–Kier alpha value is -2.63. The highest BCUT2D eigenvalue weighted by molar-refractivity contribution is 6.10. The predicted molar refractivity (Wildman–Crippen MR) is 85.3 cm³/mol. The molecule has 0 aliphatic heterocycles. The molecule has 0 amide bonds. The third-order valence-electron chi connectivity index (χ3n) is 3.89. The molecule has 1 aromatic heterocycles. The Kier molecular flexibility index (Phi) is 3.70. The van der Waals surface area contributed by atoms with Gasteiger partial charge in [-0.05, 0) is 11.5 Å². The summed E-state index contributed by atoms with van der Waals surface area (Å²) in [4.78, 5) is 35.1. The van der Waals surface area contributed by atoms with Crippen molar-refractivity contribution in [2.75, 3.05) is 0 Å². The standard InChI is InChI=1S/C18H18O6/c1-9(19)22-14-5-11-13(6-15(14)23-10(2)20)24-16-8-18(3,4)7-12(21)17(11)16/h5-6H,7-8H2,1-4H3. The minimum atomic E-state index is -0.549. The van der Waals surface area contributed by atoms with Gasteiger partial charge in [0.25, 0.3) is 0 Å². The summed E-state index contributed by atoms with van der Waals surface area (Å²) in [6.45, 7) is 6.52. The Morgan fingerprint density at radius 3 is 2.21 bits per heavy atom. The molecule has 0 bridgehead atoms. The molecule has 0 saturated carbocycles. The van der Waals surface area contributed by atoms with Gasteiger partial charge in [-0.15, -0.1) is 0 Å². The summed E-state index contributed by atoms with van der Waals surface area (Å²) in [5.74, 6) is -0.313. The molecule has 0 fully saturated rings. The van der Waals surface area contributed by atoms with Gasteiger partial charge in [0.05, 0.1) is 5.56 Å². The van der Waals surface area contributed by atoms with Crippen LogP contribution < -0.4 is 9.47 Å². The molecular weight excluding hydrogens is 312 g/mol. The normalized spacial score (nSPS) is 15.9. The first-order valence-electron chi connectivity index (χ1n) is 7.66. The highest BCUT2D eigenvalue weighted by atomic mass is 16.6. The fraction of sp³-hybridized carbons (Fsp3) is 0.389. The second-order valence-corrected chi connectivity index (χ2v) is 6.82. The fourth-order valence-corrected chi connectivity index (χ4v) is 3.07. The van der Waals surface area contributed by atoms with Gasteiger partial charge in [0.15, 0.2) is 17.3 Å². The number of ketones is 1. The first-order valence-corrected chi connectivity index (χ1v) is 7.66. The summed E-state index contributed by atoms with van der Waals surface area (Å²) in [7, 11) is 0. The smallest absolute Gasteiger partial charge is 0.308 e. The van der Waals surface area contributed by atoms with Crippen molar-refractivity contribution in [2.45, 2.75) is 40.5 Å². The number of furan rings is 1. The molecule has 1 heterocycles. The average Bonchev–Trinajstić information content (AvgIpc) is 2.73. The molecule has 24 heavy (non-hydrogen) atoms. The fourth-order valence-electron chi connectivity index (χ4n) is 3.07. The minimum Gasteiger partial charge on any atom is -0.460 e. The van der Waals surface area contributed by atoms with Gasteiger partial charge >= 0.3 is 11.9 Å². The van der Waals surface area contributed by atoms with E-state index in [1.54, 1.807) is 0 Å². The lowest BCUT2D eigenvalue weighted by molar-refractivity contribution is -0.134. The number of carbonyl (C=O) groups excluding carboxylic acids is 3. The zero-order valence-electron chi connectivity index (χ0n) is 14.0. The van der Waals surface area contributed by atoms with Gasteiger partial charge in [-0.2, -0.15) is 0 Å². The second-order valence-electron chi connectivity index (χ2n) is 6.82. The van der Waals surface area contributed by atoms with Crippen LogP contribution in [0.5, 0.6) is 11.5 Å². The number of Topliss-reactive ketones (excluding diaryl/α,β-unsaturated/α-hetero) is 1. The summed E-state index contributed by atoms with van der Waals surface area (Å²) >= 11 is 0. The average molecular weight is 330 g/mol. The van der Waals surface area contributed by atoms with Crippen LogP contribution >= 0.6 is 0 Å². The largest absolute Gasteiger partial charge is 0.460 e. The third-order valence-corrected chi connectivity index (χ3v) is 3.89. The van der Waals surface area contributed by atoms with Crippen LogP contribution in [0.4, 0.5) is 0 Å². The van der Waals surface area contributed by atoms with E-state index in [-0.39, 0.29) is 22.7 Å². The number of ether oxygens (including phenoxy) is 2. The van der Waals surface area contributed by atoms with Crippen molar-refractivity contribution in [1.29, 1.82) is 0 Å². The molecule has 3 rings (SSSR count). The Bertz CT molecular complexity index is 871. The van der Waals surface area contributed by atoms with Gasteiger partial charge in [0.2, 0.25) is 0 Å². The van der Waals surface area contributed by atoms with Crippen LogP contribution in [0.1, 0.15) is 50.2 Å². The number of fused-ring (bicyclic) bond motifs is 3. The van der Waals surface area contributed by atoms with E-state index in [9.17, 15) is 14.4 Å². The lowest BCUT2D eigenvalue weighted by Gasteiger charge is -2.27. The number of esters is 2. The van der Waals surface area contributed by atoms with E-state index in [2.05, 4.69) is 0 Å². The number of hydrogen-bond donors (Lipinski definition) is 0. The Morgan fingerprint density at radius 1 is 1.04 bits per heavy atom. The highest BCUT2D eigenvalue weighted by Crippen LogP contribution is 2.43. The van der Waals surface area contributed by atoms with Gasteiger partial charge in [-0.25, -0.2) is 0 Å². The van der Waals surface area contributed by atoms with Crippen molar-refractivity contribution >= 4 is 28.7 Å². The molecule has 0 N–H and O–H groups in total.